The Morgan fingerprint density at radius 2 is 1.16 bits per heavy atom. The number of esters is 1. The number of carbonyl (C=O) groups excluding carboxylic acids is 1. The first kappa shape index (κ1) is 59.5. The first-order valence-corrected chi connectivity index (χ1v) is 27.7. The normalized spacial score (nSPS) is 53.4. The van der Waals surface area contributed by atoms with E-state index >= 15 is 4.79 Å². The third kappa shape index (κ3) is 9.66. The van der Waals surface area contributed by atoms with Crippen LogP contribution in [-0.4, -0.2) is 220 Å². The molecule has 9 rings (SSSR count). The van der Waals surface area contributed by atoms with E-state index < -0.39 is 165 Å². The van der Waals surface area contributed by atoms with Crippen molar-refractivity contribution in [3.05, 3.63) is 11.6 Å². The topological polar surface area (TPSA) is 371 Å². The van der Waals surface area contributed by atoms with Gasteiger partial charge in [-0.15, -0.1) is 0 Å². The van der Waals surface area contributed by atoms with Crippen LogP contribution in [-0.2, 0) is 47.5 Å². The monoisotopic (exact) mass is 1100 g/mol. The highest BCUT2D eigenvalue weighted by molar-refractivity contribution is 5.79. The number of aliphatic hydroxyl groups excluding tert-OH is 12. The molecule has 13 N–H and O–H groups in total. The summed E-state index contributed by atoms with van der Waals surface area (Å²) >= 11 is 0. The molecule has 0 aromatic heterocycles. The van der Waals surface area contributed by atoms with Gasteiger partial charge in [-0.05, 0) is 116 Å². The number of hydrogen-bond acceptors (Lipinski definition) is 22. The summed E-state index contributed by atoms with van der Waals surface area (Å²) in [6, 6.07) is 0. The summed E-state index contributed by atoms with van der Waals surface area (Å²) in [6.45, 7) is 15.6. The van der Waals surface area contributed by atoms with Crippen molar-refractivity contribution in [2.45, 2.75) is 249 Å². The Bertz CT molecular complexity index is 2180. The Kier molecular flexibility index (Phi) is 16.5. The molecule has 8 fully saturated rings. The molecule has 23 nitrogen and oxygen atoms in total. The average Bonchev–Trinajstić information content (AvgIpc) is 3.38. The van der Waals surface area contributed by atoms with Crippen molar-refractivity contribution in [3.63, 3.8) is 0 Å². The van der Waals surface area contributed by atoms with Crippen molar-refractivity contribution in [1.82, 2.24) is 0 Å². The van der Waals surface area contributed by atoms with Gasteiger partial charge in [-0.1, -0.05) is 60.1 Å². The minimum absolute atomic E-state index is 0.0730. The molecule has 0 spiro atoms. The lowest BCUT2D eigenvalue weighted by Gasteiger charge is -2.71. The zero-order chi connectivity index (χ0) is 56.4. The second-order valence-corrected chi connectivity index (χ2v) is 26.3. The van der Waals surface area contributed by atoms with E-state index in [1.165, 1.54) is 12.5 Å². The molecule has 9 aliphatic rings. The van der Waals surface area contributed by atoms with Crippen molar-refractivity contribution in [2.24, 2.45) is 50.2 Å². The van der Waals surface area contributed by atoms with E-state index in [0.717, 1.165) is 25.7 Å². The number of allylic oxidation sites excluding steroid dienone is 2. The number of aliphatic carboxylic acids is 1. The minimum atomic E-state index is -1.94. The van der Waals surface area contributed by atoms with Gasteiger partial charge in [0.15, 0.2) is 25.0 Å². The van der Waals surface area contributed by atoms with Gasteiger partial charge in [-0.3, -0.25) is 4.79 Å². The third-order valence-corrected chi connectivity index (χ3v) is 21.4. The summed E-state index contributed by atoms with van der Waals surface area (Å²) in [4.78, 5) is 27.8. The van der Waals surface area contributed by atoms with E-state index in [0.29, 0.717) is 38.5 Å². The molecule has 0 aromatic carbocycles. The van der Waals surface area contributed by atoms with Crippen molar-refractivity contribution < 1.29 is 114 Å². The van der Waals surface area contributed by atoms with Crippen LogP contribution in [0.3, 0.4) is 0 Å². The van der Waals surface area contributed by atoms with E-state index in [-0.39, 0.29) is 39.4 Å². The molecule has 23 heteroatoms. The number of fused-ring (bicyclic) bond motifs is 7. The highest BCUT2D eigenvalue weighted by atomic mass is 16.8. The lowest BCUT2D eigenvalue weighted by molar-refractivity contribution is -0.363. The number of carboxylic acids is 1. The van der Waals surface area contributed by atoms with Crippen LogP contribution in [0.2, 0.25) is 0 Å². The molecule has 4 saturated heterocycles. The molecule has 77 heavy (non-hydrogen) atoms. The fourth-order valence-corrected chi connectivity index (χ4v) is 16.4. The molecule has 440 valence electrons. The van der Waals surface area contributed by atoms with Gasteiger partial charge in [0, 0.05) is 0 Å². The second-order valence-electron chi connectivity index (χ2n) is 26.3. The number of carbonyl (C=O) groups is 2. The van der Waals surface area contributed by atoms with Gasteiger partial charge in [0.1, 0.15) is 85.5 Å². The van der Waals surface area contributed by atoms with Crippen LogP contribution >= 0.6 is 0 Å². The van der Waals surface area contributed by atoms with E-state index in [2.05, 4.69) is 54.5 Å². The first-order chi connectivity index (χ1) is 35.9. The smallest absolute Gasteiger partial charge is 0.335 e. The van der Waals surface area contributed by atoms with Gasteiger partial charge in [0.25, 0.3) is 0 Å². The third-order valence-electron chi connectivity index (χ3n) is 21.4. The van der Waals surface area contributed by atoms with Crippen LogP contribution in [0.4, 0.5) is 0 Å². The first-order valence-electron chi connectivity index (χ1n) is 27.7. The van der Waals surface area contributed by atoms with E-state index in [1.54, 1.807) is 0 Å². The van der Waals surface area contributed by atoms with Crippen molar-refractivity contribution in [3.8, 4) is 0 Å². The molecule has 0 amide bonds. The fraction of sp³-hybridized carbons (Fsp3) is 0.926. The van der Waals surface area contributed by atoms with Crippen LogP contribution in [0.15, 0.2) is 11.6 Å². The van der Waals surface area contributed by atoms with Gasteiger partial charge in [-0.25, -0.2) is 4.79 Å². The SMILES string of the molecule is C[C@@H]1O[C@@H](O[C@@H]2[C@@H](O)[C@H](OC(=O)[C@]34CCC(C)(C)C[C@H]3C3=CC[C@@H]5[C@@]6(C)CC[C@H](O[C@@H]7O[C@H](C(=O)O)[C@@H](O[C@@H]8O[C@H](CO)[C@@H](O)[C@H](O)[C@H]8O)[C@H](O)[C@H]7O)C(C)(C)[C@@H]6CC[C@@]5(C)[C@]3(C)CC4)O[C@H](CO)[C@H]2O)[C@H](O)[C@H](O)[C@H]1O. The Balaban J connectivity index is 0.922. The van der Waals surface area contributed by atoms with Gasteiger partial charge in [0.05, 0.1) is 30.8 Å². The van der Waals surface area contributed by atoms with Gasteiger partial charge < -0.3 is 104 Å². The summed E-state index contributed by atoms with van der Waals surface area (Å²) in [5.41, 5.74) is -1.36. The van der Waals surface area contributed by atoms with Gasteiger partial charge in [-0.2, -0.15) is 0 Å². The minimum Gasteiger partial charge on any atom is -0.479 e. The molecule has 4 heterocycles. The van der Waals surface area contributed by atoms with E-state index in [9.17, 15) is 71.2 Å². The summed E-state index contributed by atoms with van der Waals surface area (Å²) < 4.78 is 47.0. The Morgan fingerprint density at radius 1 is 0.584 bits per heavy atom. The second kappa shape index (κ2) is 21.3. The highest BCUT2D eigenvalue weighted by Gasteiger charge is 2.70. The van der Waals surface area contributed by atoms with Crippen LogP contribution in [0.5, 0.6) is 0 Å². The molecule has 4 saturated carbocycles. The number of rotatable bonds is 11. The van der Waals surface area contributed by atoms with Crippen molar-refractivity contribution >= 4 is 11.9 Å². The maximum atomic E-state index is 15.1. The van der Waals surface area contributed by atoms with Gasteiger partial charge in [0.2, 0.25) is 6.29 Å². The Morgan fingerprint density at radius 3 is 1.81 bits per heavy atom. The highest BCUT2D eigenvalue weighted by Crippen LogP contribution is 2.76. The number of ether oxygens (including phenoxy) is 8. The largest absolute Gasteiger partial charge is 0.479 e. The molecule has 0 aromatic rings. The maximum Gasteiger partial charge on any atom is 0.335 e. The molecule has 0 radical (unpaired) electrons. The maximum absolute atomic E-state index is 15.1. The summed E-state index contributed by atoms with van der Waals surface area (Å²) in [7, 11) is 0. The van der Waals surface area contributed by atoms with Crippen molar-refractivity contribution in [1.29, 1.82) is 0 Å². The summed E-state index contributed by atoms with van der Waals surface area (Å²) in [5.74, 6) is -2.15. The summed E-state index contributed by atoms with van der Waals surface area (Å²) in [5, 5.41) is 139. The molecule has 4 aliphatic heterocycles. The number of aliphatic hydroxyl groups is 12. The zero-order valence-corrected chi connectivity index (χ0v) is 45.3. The van der Waals surface area contributed by atoms with Gasteiger partial charge >= 0.3 is 11.9 Å². The molecular formula is C54H86O23. The Labute approximate surface area is 448 Å². The van der Waals surface area contributed by atoms with Crippen LogP contribution in [0.1, 0.15) is 120 Å². The zero-order valence-electron chi connectivity index (χ0n) is 45.3. The molecule has 0 unspecified atom stereocenters. The van der Waals surface area contributed by atoms with Crippen LogP contribution < -0.4 is 0 Å². The predicted octanol–water partition coefficient (Wildman–Crippen LogP) is -0.915. The quantitative estimate of drug-likeness (QED) is 0.0676. The molecular weight excluding hydrogens is 1020 g/mol. The van der Waals surface area contributed by atoms with Crippen LogP contribution in [0.25, 0.3) is 0 Å². The lowest BCUT2D eigenvalue weighted by Crippen LogP contribution is -2.67. The number of carboxylic acid groups (broad SMARTS) is 1. The molecule has 0 bridgehead atoms. The Hall–Kier alpha value is -2.08. The van der Waals surface area contributed by atoms with Crippen molar-refractivity contribution in [2.75, 3.05) is 13.2 Å². The van der Waals surface area contributed by atoms with Crippen LogP contribution in [0, 0.1) is 50.2 Å². The molecule has 28 atom stereocenters. The average molecular weight is 1100 g/mol. The number of hydrogen-bond donors (Lipinski definition) is 13. The predicted molar refractivity (Wildman–Crippen MR) is 262 cm³/mol. The van der Waals surface area contributed by atoms with E-state index in [1.807, 2.05) is 0 Å². The lowest BCUT2D eigenvalue weighted by atomic mass is 9.33. The fourth-order valence-electron chi connectivity index (χ4n) is 16.4. The summed E-state index contributed by atoms with van der Waals surface area (Å²) in [6.07, 6.45) is -25.1. The molecule has 5 aliphatic carbocycles. The van der Waals surface area contributed by atoms with E-state index in [4.69, 9.17) is 37.9 Å². The standard InChI is InChI=1S/C54H86O23/c1-22-30(57)33(60)36(63)44(70-22)74-40-32(59)26(21-56)72-47(39(40)66)77-48(69)54-17-15-49(2,3)19-24(54)23-9-10-28-51(6)13-12-29(50(4,5)27(51)11-14-53(28,8)52(23,7)16-18-54)73-46-38(65)35(62)41(42(76-46)43(67)68)75-45-37(64)34(61)31(58)25(20-55)71-45/h9,22,24-42,44-47,55-66H,10-21H2,1-8H3,(H,67,68)/t22-,24-,25+,26+,27-,28+,29-,30-,31+,32+,33+,34-,35+,36+,37+,38+,39+,40-,41-,42-,44-,45-,46+,47-,51-,52+,53+,54-/m0/s1.